The molecular weight excluding hydrogens is 542 g/mol. The van der Waals surface area contributed by atoms with E-state index in [1.807, 2.05) is 28.1 Å². The highest BCUT2D eigenvalue weighted by atomic mass is 15.2. The summed E-state index contributed by atoms with van der Waals surface area (Å²) in [7, 11) is 0. The van der Waals surface area contributed by atoms with Gasteiger partial charge in [-0.1, -0.05) is 62.3 Å². The van der Waals surface area contributed by atoms with Gasteiger partial charge in [0.2, 0.25) is 0 Å². The van der Waals surface area contributed by atoms with E-state index in [2.05, 4.69) is 97.4 Å². The molecule has 0 aliphatic heterocycles. The van der Waals surface area contributed by atoms with E-state index < -0.39 is 0 Å². The molecule has 0 atom stereocenters. The zero-order valence-electron chi connectivity index (χ0n) is 26.7. The molecule has 0 saturated carbocycles. The van der Waals surface area contributed by atoms with Gasteiger partial charge in [-0.25, -0.2) is 24.9 Å². The lowest BCUT2D eigenvalue weighted by Gasteiger charge is -2.21. The Labute approximate surface area is 251 Å². The van der Waals surface area contributed by atoms with Crippen molar-refractivity contribution in [1.29, 1.82) is 0 Å². The average Bonchev–Trinajstić information content (AvgIpc) is 3.62. The van der Waals surface area contributed by atoms with Crippen LogP contribution in [0.2, 0.25) is 0 Å². The molecule has 228 valence electrons. The number of nitrogens with zero attached hydrogens (tertiary/aromatic N) is 10. The molecule has 0 fully saturated rings. The van der Waals surface area contributed by atoms with Crippen molar-refractivity contribution in [3.63, 3.8) is 0 Å². The van der Waals surface area contributed by atoms with Gasteiger partial charge in [0.05, 0.1) is 0 Å². The summed E-state index contributed by atoms with van der Waals surface area (Å²) in [5, 5.41) is 7.87. The van der Waals surface area contributed by atoms with Crippen LogP contribution in [0.3, 0.4) is 0 Å². The van der Waals surface area contributed by atoms with Crippen molar-refractivity contribution < 1.29 is 0 Å². The lowest BCUT2D eigenvalue weighted by atomic mass is 9.88. The predicted octanol–water partition coefficient (Wildman–Crippen LogP) is 4.53. The first-order chi connectivity index (χ1) is 19.9. The van der Waals surface area contributed by atoms with E-state index in [1.165, 1.54) is 0 Å². The van der Waals surface area contributed by atoms with Crippen LogP contribution in [0.1, 0.15) is 84.8 Å². The van der Waals surface area contributed by atoms with Crippen LogP contribution < -0.4 is 17.2 Å². The van der Waals surface area contributed by atoms with Crippen LogP contribution in [0, 0.1) is 6.92 Å². The molecule has 6 N–H and O–H groups in total. The first kappa shape index (κ1) is 31.1. The van der Waals surface area contributed by atoms with Crippen LogP contribution in [0.5, 0.6) is 0 Å². The summed E-state index contributed by atoms with van der Waals surface area (Å²) in [6, 6.07) is 0. The van der Waals surface area contributed by atoms with Gasteiger partial charge in [0.1, 0.15) is 53.6 Å². The molecule has 43 heavy (non-hydrogen) atoms. The Hall–Kier alpha value is -4.81. The Kier molecular flexibility index (Phi) is 8.05. The van der Waals surface area contributed by atoms with E-state index in [0.29, 0.717) is 17.5 Å². The van der Waals surface area contributed by atoms with Gasteiger partial charge in [0.25, 0.3) is 0 Å². The van der Waals surface area contributed by atoms with Gasteiger partial charge >= 0.3 is 0 Å². The number of hydrogen-bond donors (Lipinski definition) is 3. The molecule has 6 rings (SSSR count). The predicted molar refractivity (Wildman–Crippen MR) is 171 cm³/mol. The third-order valence-corrected chi connectivity index (χ3v) is 6.85. The second kappa shape index (κ2) is 11.1. The van der Waals surface area contributed by atoms with Gasteiger partial charge in [-0.15, -0.1) is 10.2 Å². The highest BCUT2D eigenvalue weighted by Gasteiger charge is 2.24. The zero-order valence-corrected chi connectivity index (χ0v) is 26.7. The topological polar surface area (TPSA) is 182 Å². The molecule has 0 aliphatic rings. The van der Waals surface area contributed by atoms with E-state index in [1.54, 1.807) is 35.8 Å². The molecule has 0 aromatic carbocycles. The van der Waals surface area contributed by atoms with E-state index in [-0.39, 0.29) is 16.2 Å². The van der Waals surface area contributed by atoms with Gasteiger partial charge < -0.3 is 17.2 Å². The Bertz CT molecular complexity index is 1780. The second-order valence-corrected chi connectivity index (χ2v) is 13.5. The van der Waals surface area contributed by atoms with Gasteiger partial charge in [-0.3, -0.25) is 13.2 Å². The average molecular weight is 586 g/mol. The Balaban J connectivity index is 0.000000148. The van der Waals surface area contributed by atoms with E-state index >= 15 is 0 Å². The minimum atomic E-state index is -0.0768. The van der Waals surface area contributed by atoms with Gasteiger partial charge in [0.15, 0.2) is 5.65 Å². The Morgan fingerprint density at radius 2 is 1.05 bits per heavy atom. The molecule has 13 nitrogen and oxygen atoms in total. The summed E-state index contributed by atoms with van der Waals surface area (Å²) >= 11 is 0. The molecule has 0 radical (unpaired) electrons. The summed E-state index contributed by atoms with van der Waals surface area (Å²) in [6.07, 6.45) is 12.2. The van der Waals surface area contributed by atoms with Crippen LogP contribution >= 0.6 is 0 Å². The number of aryl methyl sites for hydroxylation is 1. The maximum Gasteiger partial charge on any atom is 0.169 e. The van der Waals surface area contributed by atoms with Gasteiger partial charge in [-0.05, 0) is 23.2 Å². The van der Waals surface area contributed by atoms with Crippen LogP contribution in [0.4, 0.5) is 17.5 Å². The van der Waals surface area contributed by atoms with Crippen molar-refractivity contribution in [2.75, 3.05) is 17.2 Å². The molecule has 0 bridgehead atoms. The number of anilines is 3. The molecule has 0 saturated heterocycles. The lowest BCUT2D eigenvalue weighted by Crippen LogP contribution is -2.18. The fraction of sp³-hybridized carbons (Fsp3) is 0.433. The number of fused-ring (bicyclic) bond motifs is 3. The summed E-state index contributed by atoms with van der Waals surface area (Å²) < 4.78 is 5.63. The first-order valence-corrected chi connectivity index (χ1v) is 14.0. The maximum atomic E-state index is 5.97. The minimum Gasteiger partial charge on any atom is -0.383 e. The maximum absolute atomic E-state index is 5.97. The summed E-state index contributed by atoms with van der Waals surface area (Å²) in [4.78, 5) is 21.2. The smallest absolute Gasteiger partial charge is 0.169 e. The third-order valence-electron chi connectivity index (χ3n) is 6.85. The van der Waals surface area contributed by atoms with Gasteiger partial charge in [0, 0.05) is 41.5 Å². The van der Waals surface area contributed by atoms with Crippen molar-refractivity contribution >= 4 is 34.4 Å². The Morgan fingerprint density at radius 3 is 1.63 bits per heavy atom. The quantitative estimate of drug-likeness (QED) is 0.229. The van der Waals surface area contributed by atoms with Crippen LogP contribution in [0.25, 0.3) is 16.9 Å². The highest BCUT2D eigenvalue weighted by Crippen LogP contribution is 2.31. The van der Waals surface area contributed by atoms with Crippen molar-refractivity contribution in [3.8, 4) is 0 Å². The SMILES string of the molecule is CC(C)(C)c1c(N)ncn2ccnc12.CC(C)(C)c1c(N)ncn2cnnc12.Cc1nc(N)c(C(C)(C)C)c2nccn12. The number of nitrogens with two attached hydrogens (primary N) is 3. The van der Waals surface area contributed by atoms with Crippen LogP contribution in [-0.2, 0) is 16.2 Å². The fourth-order valence-corrected chi connectivity index (χ4v) is 5.02. The normalized spacial score (nSPS) is 12.2. The lowest BCUT2D eigenvalue weighted by molar-refractivity contribution is 0.590. The molecule has 0 aliphatic carbocycles. The van der Waals surface area contributed by atoms with Gasteiger partial charge in [-0.2, -0.15) is 0 Å². The van der Waals surface area contributed by atoms with Crippen LogP contribution in [-0.4, -0.2) is 48.3 Å². The Morgan fingerprint density at radius 1 is 0.558 bits per heavy atom. The molecule has 13 heteroatoms. The number of imidazole rings is 2. The second-order valence-electron chi connectivity index (χ2n) is 13.5. The van der Waals surface area contributed by atoms with Crippen molar-refractivity contribution in [2.24, 2.45) is 0 Å². The summed E-state index contributed by atoms with van der Waals surface area (Å²) in [5.41, 5.74) is 23.1. The monoisotopic (exact) mass is 585 g/mol. The summed E-state index contributed by atoms with van der Waals surface area (Å²) in [5.74, 6) is 2.54. The number of aromatic nitrogens is 10. The third kappa shape index (κ3) is 6.35. The number of hydrogen-bond acceptors (Lipinski definition) is 10. The zero-order chi connectivity index (χ0) is 31.9. The minimum absolute atomic E-state index is 0.0368. The van der Waals surface area contributed by atoms with E-state index in [4.69, 9.17) is 17.2 Å². The largest absolute Gasteiger partial charge is 0.383 e. The van der Waals surface area contributed by atoms with Crippen molar-refractivity contribution in [1.82, 2.24) is 48.3 Å². The van der Waals surface area contributed by atoms with E-state index in [9.17, 15) is 0 Å². The van der Waals surface area contributed by atoms with E-state index in [0.717, 1.165) is 39.5 Å². The van der Waals surface area contributed by atoms with Crippen molar-refractivity contribution in [3.05, 3.63) is 66.3 Å². The molecule has 6 aromatic rings. The molecule has 0 amide bonds. The standard InChI is InChI=1S/C11H16N4.C10H14N4.C9H13N5/c1-7-14-9(12)8(11(2,3)4)10-13-5-6-15(7)10;1-10(2,3)7-8(11)13-6-14-5-4-12-9(7)14;1-9(2,3)6-7(10)11-4-14-5-12-13-8(6)14/h5-6H,12H2,1-4H3;4-6H,11H2,1-3H3;4-5H,10H2,1-3H3. The van der Waals surface area contributed by atoms with Crippen molar-refractivity contribution in [2.45, 2.75) is 85.5 Å². The van der Waals surface area contributed by atoms with Crippen LogP contribution in [0.15, 0.2) is 43.8 Å². The molecule has 6 aromatic heterocycles. The number of nitrogen functional groups attached to an aromatic ring is 3. The summed E-state index contributed by atoms with van der Waals surface area (Å²) in [6.45, 7) is 20.8. The highest BCUT2D eigenvalue weighted by molar-refractivity contribution is 5.63. The number of rotatable bonds is 0. The molecule has 0 spiro atoms. The molecule has 0 unspecified atom stereocenters. The first-order valence-electron chi connectivity index (χ1n) is 14.0. The molecule has 6 heterocycles. The fourth-order valence-electron chi connectivity index (χ4n) is 5.02. The molecular formula is C30H43N13.